The zero-order chi connectivity index (χ0) is 11.4. The normalized spacial score (nSPS) is 19.6. The maximum atomic E-state index is 10.0. The summed E-state index contributed by atoms with van der Waals surface area (Å²) in [6.45, 7) is 2.88. The van der Waals surface area contributed by atoms with E-state index in [-0.39, 0.29) is 5.75 Å². The van der Waals surface area contributed by atoms with E-state index in [0.717, 1.165) is 18.7 Å². The predicted octanol–water partition coefficient (Wildman–Crippen LogP) is 1.91. The van der Waals surface area contributed by atoms with Gasteiger partial charge in [-0.2, -0.15) is 0 Å². The fourth-order valence-electron chi connectivity index (χ4n) is 2.19. The molecule has 88 valence electrons. The van der Waals surface area contributed by atoms with Gasteiger partial charge in [0, 0.05) is 6.54 Å². The van der Waals surface area contributed by atoms with Crippen LogP contribution in [0.15, 0.2) is 24.3 Å². The van der Waals surface area contributed by atoms with Crippen LogP contribution in [0, 0.1) is 0 Å². The molecule has 1 aromatic carbocycles. The highest BCUT2D eigenvalue weighted by molar-refractivity contribution is 5.27. The number of nitrogens with zero attached hydrogens (tertiary/aromatic N) is 1. The van der Waals surface area contributed by atoms with Crippen molar-refractivity contribution in [1.82, 2.24) is 4.90 Å². The molecule has 0 radical (unpaired) electrons. The highest BCUT2D eigenvalue weighted by atomic mass is 16.3. The van der Waals surface area contributed by atoms with Gasteiger partial charge in [0.2, 0.25) is 0 Å². The van der Waals surface area contributed by atoms with Crippen molar-refractivity contribution in [3.05, 3.63) is 29.8 Å². The van der Waals surface area contributed by atoms with Crippen LogP contribution in [0.5, 0.6) is 5.75 Å². The first-order valence-corrected chi connectivity index (χ1v) is 5.95. The zero-order valence-corrected chi connectivity index (χ0v) is 9.47. The van der Waals surface area contributed by atoms with Crippen LogP contribution >= 0.6 is 0 Å². The second-order valence-electron chi connectivity index (χ2n) is 4.47. The molecule has 2 rings (SSSR count). The quantitative estimate of drug-likeness (QED) is 0.819. The van der Waals surface area contributed by atoms with Gasteiger partial charge in [0.25, 0.3) is 0 Å². The van der Waals surface area contributed by atoms with Gasteiger partial charge in [-0.05, 0) is 43.6 Å². The number of aromatic hydroxyl groups is 1. The average Bonchev–Trinajstić information content (AvgIpc) is 2.31. The number of rotatable bonds is 3. The van der Waals surface area contributed by atoms with Crippen molar-refractivity contribution in [2.24, 2.45) is 0 Å². The highest BCUT2D eigenvalue weighted by Gasteiger charge is 2.15. The molecule has 2 N–H and O–H groups in total. The van der Waals surface area contributed by atoms with Gasteiger partial charge in [-0.25, -0.2) is 0 Å². The van der Waals surface area contributed by atoms with Gasteiger partial charge in [-0.15, -0.1) is 0 Å². The molecular formula is C13H19NO2. The number of aliphatic hydroxyl groups excluding tert-OH is 1. The third-order valence-electron chi connectivity index (χ3n) is 3.16. The Bertz CT molecular complexity index is 317. The van der Waals surface area contributed by atoms with Crippen LogP contribution in [0.4, 0.5) is 0 Å². The van der Waals surface area contributed by atoms with Crippen LogP contribution in [0.2, 0.25) is 0 Å². The Morgan fingerprint density at radius 2 is 1.69 bits per heavy atom. The van der Waals surface area contributed by atoms with Gasteiger partial charge in [-0.1, -0.05) is 18.6 Å². The van der Waals surface area contributed by atoms with Crippen LogP contribution in [-0.4, -0.2) is 34.7 Å². The lowest BCUT2D eigenvalue weighted by Crippen LogP contribution is -2.33. The van der Waals surface area contributed by atoms with E-state index in [2.05, 4.69) is 4.90 Å². The lowest BCUT2D eigenvalue weighted by molar-refractivity contribution is 0.101. The Balaban J connectivity index is 1.91. The van der Waals surface area contributed by atoms with Crippen molar-refractivity contribution in [3.8, 4) is 5.75 Å². The summed E-state index contributed by atoms with van der Waals surface area (Å²) in [4.78, 5) is 2.31. The van der Waals surface area contributed by atoms with E-state index in [1.807, 2.05) is 0 Å². The molecule has 0 aliphatic carbocycles. The first-order chi connectivity index (χ1) is 7.75. The standard InChI is InChI=1S/C13H19NO2/c15-12-6-4-11(5-7-12)13(16)10-14-8-2-1-3-9-14/h4-7,13,15-16H,1-3,8-10H2. The number of benzene rings is 1. The van der Waals surface area contributed by atoms with Crippen molar-refractivity contribution < 1.29 is 10.2 Å². The molecular weight excluding hydrogens is 202 g/mol. The number of phenols is 1. The van der Waals surface area contributed by atoms with E-state index in [0.29, 0.717) is 6.54 Å². The monoisotopic (exact) mass is 221 g/mol. The molecule has 1 saturated heterocycles. The van der Waals surface area contributed by atoms with Crippen LogP contribution in [0.3, 0.4) is 0 Å². The van der Waals surface area contributed by atoms with Gasteiger partial charge < -0.3 is 15.1 Å². The molecule has 1 aliphatic rings. The Morgan fingerprint density at radius 3 is 2.31 bits per heavy atom. The lowest BCUT2D eigenvalue weighted by atomic mass is 10.1. The summed E-state index contributed by atoms with van der Waals surface area (Å²) in [5.41, 5.74) is 0.878. The number of β-amino-alcohol motifs (C(OH)–C–C–N with tert-alkyl or cyclic N) is 1. The molecule has 3 nitrogen and oxygen atoms in total. The molecule has 1 fully saturated rings. The SMILES string of the molecule is Oc1ccc(C(O)CN2CCCCC2)cc1. The van der Waals surface area contributed by atoms with E-state index in [4.69, 9.17) is 5.11 Å². The number of piperidine rings is 1. The summed E-state index contributed by atoms with van der Waals surface area (Å²) in [5.74, 6) is 0.244. The van der Waals surface area contributed by atoms with E-state index in [1.54, 1.807) is 24.3 Å². The summed E-state index contributed by atoms with van der Waals surface area (Å²) in [6.07, 6.45) is 3.34. The number of hydrogen-bond donors (Lipinski definition) is 2. The minimum Gasteiger partial charge on any atom is -0.508 e. The van der Waals surface area contributed by atoms with Crippen LogP contribution < -0.4 is 0 Å². The van der Waals surface area contributed by atoms with E-state index < -0.39 is 6.10 Å². The van der Waals surface area contributed by atoms with Crippen molar-refractivity contribution in [3.63, 3.8) is 0 Å². The third-order valence-corrected chi connectivity index (χ3v) is 3.16. The highest BCUT2D eigenvalue weighted by Crippen LogP contribution is 2.19. The number of hydrogen-bond acceptors (Lipinski definition) is 3. The maximum Gasteiger partial charge on any atom is 0.115 e. The molecule has 1 unspecified atom stereocenters. The topological polar surface area (TPSA) is 43.7 Å². The molecule has 16 heavy (non-hydrogen) atoms. The average molecular weight is 221 g/mol. The molecule has 0 saturated carbocycles. The Morgan fingerprint density at radius 1 is 1.06 bits per heavy atom. The molecule has 0 bridgehead atoms. The number of phenolic OH excluding ortho intramolecular Hbond substituents is 1. The van der Waals surface area contributed by atoms with Gasteiger partial charge >= 0.3 is 0 Å². The van der Waals surface area contributed by atoms with Crippen molar-refractivity contribution >= 4 is 0 Å². The smallest absolute Gasteiger partial charge is 0.115 e. The molecule has 0 amide bonds. The van der Waals surface area contributed by atoms with Gasteiger partial charge in [-0.3, -0.25) is 0 Å². The minimum absolute atomic E-state index is 0.244. The fraction of sp³-hybridized carbons (Fsp3) is 0.538. The molecule has 1 heterocycles. The largest absolute Gasteiger partial charge is 0.508 e. The fourth-order valence-corrected chi connectivity index (χ4v) is 2.19. The van der Waals surface area contributed by atoms with Crippen molar-refractivity contribution in [1.29, 1.82) is 0 Å². The zero-order valence-electron chi connectivity index (χ0n) is 9.47. The summed E-state index contributed by atoms with van der Waals surface area (Å²) < 4.78 is 0. The molecule has 3 heteroatoms. The third kappa shape index (κ3) is 2.97. The minimum atomic E-state index is -0.446. The number of aliphatic hydroxyl groups is 1. The number of likely N-dealkylation sites (tertiary alicyclic amines) is 1. The molecule has 1 aliphatic heterocycles. The van der Waals surface area contributed by atoms with E-state index >= 15 is 0 Å². The summed E-state index contributed by atoms with van der Waals surface area (Å²) in [5, 5.41) is 19.2. The van der Waals surface area contributed by atoms with Crippen LogP contribution in [0.25, 0.3) is 0 Å². The van der Waals surface area contributed by atoms with Crippen molar-refractivity contribution in [2.75, 3.05) is 19.6 Å². The van der Waals surface area contributed by atoms with Gasteiger partial charge in [0.15, 0.2) is 0 Å². The van der Waals surface area contributed by atoms with Crippen LogP contribution in [-0.2, 0) is 0 Å². The molecule has 0 spiro atoms. The first-order valence-electron chi connectivity index (χ1n) is 5.95. The van der Waals surface area contributed by atoms with Gasteiger partial charge in [0.05, 0.1) is 6.10 Å². The predicted molar refractivity (Wildman–Crippen MR) is 63.4 cm³/mol. The summed E-state index contributed by atoms with van der Waals surface area (Å²) in [7, 11) is 0. The first kappa shape index (κ1) is 11.4. The van der Waals surface area contributed by atoms with Gasteiger partial charge in [0.1, 0.15) is 5.75 Å². The van der Waals surface area contributed by atoms with E-state index in [9.17, 15) is 5.11 Å². The molecule has 0 aromatic heterocycles. The lowest BCUT2D eigenvalue weighted by Gasteiger charge is -2.28. The Kier molecular flexibility index (Phi) is 3.80. The Hall–Kier alpha value is -1.06. The second-order valence-corrected chi connectivity index (χ2v) is 4.47. The van der Waals surface area contributed by atoms with Crippen LogP contribution in [0.1, 0.15) is 30.9 Å². The maximum absolute atomic E-state index is 10.0. The summed E-state index contributed by atoms with van der Waals surface area (Å²) >= 11 is 0. The molecule has 1 aromatic rings. The molecule has 1 atom stereocenters. The second kappa shape index (κ2) is 5.32. The van der Waals surface area contributed by atoms with E-state index in [1.165, 1.54) is 19.3 Å². The Labute approximate surface area is 96.3 Å². The van der Waals surface area contributed by atoms with Crippen molar-refractivity contribution in [2.45, 2.75) is 25.4 Å². The summed E-state index contributed by atoms with van der Waals surface area (Å²) in [6, 6.07) is 6.80.